The zero-order chi connectivity index (χ0) is 14.9. The van der Waals surface area contributed by atoms with Crippen molar-refractivity contribution in [1.29, 1.82) is 0 Å². The van der Waals surface area contributed by atoms with E-state index in [9.17, 15) is 13.9 Å². The number of ether oxygens (including phenoxy) is 1. The van der Waals surface area contributed by atoms with Gasteiger partial charge < -0.3 is 9.84 Å². The van der Waals surface area contributed by atoms with Crippen LogP contribution in [0.4, 0.5) is 8.78 Å². The Labute approximate surface area is 116 Å². The summed E-state index contributed by atoms with van der Waals surface area (Å²) in [4.78, 5) is 0. The van der Waals surface area contributed by atoms with Gasteiger partial charge in [0.1, 0.15) is 23.5 Å². The fourth-order valence-electron chi connectivity index (χ4n) is 2.17. The van der Waals surface area contributed by atoms with Crippen molar-refractivity contribution in [2.45, 2.75) is 20.0 Å². The second-order valence-corrected chi connectivity index (χ2v) is 4.72. The van der Waals surface area contributed by atoms with Gasteiger partial charge in [-0.05, 0) is 48.7 Å². The smallest absolute Gasteiger partial charge is 0.135 e. The van der Waals surface area contributed by atoms with Crippen LogP contribution < -0.4 is 4.74 Å². The van der Waals surface area contributed by atoms with Crippen molar-refractivity contribution in [2.24, 2.45) is 0 Å². The highest BCUT2D eigenvalue weighted by Crippen LogP contribution is 2.30. The average Bonchev–Trinajstić information content (AvgIpc) is 2.43. The second kappa shape index (κ2) is 5.59. The van der Waals surface area contributed by atoms with Gasteiger partial charge in [0.05, 0.1) is 12.7 Å². The van der Waals surface area contributed by atoms with E-state index in [4.69, 9.17) is 4.74 Å². The van der Waals surface area contributed by atoms with Crippen molar-refractivity contribution in [3.63, 3.8) is 0 Å². The zero-order valence-corrected chi connectivity index (χ0v) is 11.6. The third-order valence-electron chi connectivity index (χ3n) is 3.33. The molecule has 106 valence electrons. The summed E-state index contributed by atoms with van der Waals surface area (Å²) in [6.45, 7) is 3.34. The van der Waals surface area contributed by atoms with Crippen molar-refractivity contribution in [1.82, 2.24) is 0 Å². The molecule has 0 bridgehead atoms. The van der Waals surface area contributed by atoms with E-state index in [2.05, 4.69) is 0 Å². The minimum Gasteiger partial charge on any atom is -0.496 e. The van der Waals surface area contributed by atoms with Crippen LogP contribution in [0.25, 0.3) is 0 Å². The summed E-state index contributed by atoms with van der Waals surface area (Å²) in [6, 6.07) is 7.43. The quantitative estimate of drug-likeness (QED) is 0.928. The van der Waals surface area contributed by atoms with Crippen LogP contribution in [-0.2, 0) is 0 Å². The first-order valence-electron chi connectivity index (χ1n) is 6.22. The van der Waals surface area contributed by atoms with E-state index < -0.39 is 17.7 Å². The van der Waals surface area contributed by atoms with Gasteiger partial charge in [-0.15, -0.1) is 0 Å². The minimum absolute atomic E-state index is 0.297. The van der Waals surface area contributed by atoms with Crippen LogP contribution in [0, 0.1) is 25.5 Å². The van der Waals surface area contributed by atoms with Crippen LogP contribution in [0.15, 0.2) is 30.3 Å². The molecule has 1 unspecified atom stereocenters. The van der Waals surface area contributed by atoms with Gasteiger partial charge in [0.15, 0.2) is 0 Å². The number of aryl methyl sites for hydroxylation is 2. The summed E-state index contributed by atoms with van der Waals surface area (Å²) in [6.07, 6.45) is -1.35. The van der Waals surface area contributed by atoms with Crippen molar-refractivity contribution >= 4 is 0 Å². The first-order chi connectivity index (χ1) is 9.45. The molecule has 2 nitrogen and oxygen atoms in total. The lowest BCUT2D eigenvalue weighted by atomic mass is 9.97. The predicted octanol–water partition coefficient (Wildman–Crippen LogP) is 3.67. The van der Waals surface area contributed by atoms with E-state index >= 15 is 0 Å². The van der Waals surface area contributed by atoms with Crippen LogP contribution >= 0.6 is 0 Å². The topological polar surface area (TPSA) is 29.5 Å². The summed E-state index contributed by atoms with van der Waals surface area (Å²) in [5, 5.41) is 10.2. The molecule has 0 saturated carbocycles. The predicted molar refractivity (Wildman–Crippen MR) is 72.9 cm³/mol. The lowest BCUT2D eigenvalue weighted by molar-refractivity contribution is 0.208. The Kier molecular flexibility index (Phi) is 4.04. The number of aliphatic hydroxyl groups is 1. The summed E-state index contributed by atoms with van der Waals surface area (Å²) in [5.74, 6) is -0.814. The van der Waals surface area contributed by atoms with Crippen molar-refractivity contribution in [3.05, 3.63) is 64.2 Å². The molecule has 0 fully saturated rings. The number of methoxy groups -OCH3 is 1. The third-order valence-corrected chi connectivity index (χ3v) is 3.33. The molecule has 0 radical (unpaired) electrons. The van der Waals surface area contributed by atoms with Gasteiger partial charge in [0.25, 0.3) is 0 Å². The summed E-state index contributed by atoms with van der Waals surface area (Å²) in [7, 11) is 1.54. The first-order valence-corrected chi connectivity index (χ1v) is 6.22. The van der Waals surface area contributed by atoms with E-state index in [1.165, 1.54) is 13.0 Å². The van der Waals surface area contributed by atoms with Gasteiger partial charge in [-0.2, -0.15) is 0 Å². The maximum absolute atomic E-state index is 14.0. The lowest BCUT2D eigenvalue weighted by Gasteiger charge is -2.16. The van der Waals surface area contributed by atoms with Crippen LogP contribution in [0.3, 0.4) is 0 Å². The molecule has 4 heteroatoms. The van der Waals surface area contributed by atoms with E-state index in [1.807, 2.05) is 0 Å². The fourth-order valence-corrected chi connectivity index (χ4v) is 2.17. The molecular formula is C16H16F2O2. The van der Waals surface area contributed by atoms with Gasteiger partial charge in [-0.3, -0.25) is 0 Å². The Morgan fingerprint density at radius 2 is 1.75 bits per heavy atom. The van der Waals surface area contributed by atoms with Crippen molar-refractivity contribution in [2.75, 3.05) is 7.11 Å². The molecule has 1 atom stereocenters. The fraction of sp³-hybridized carbons (Fsp3) is 0.250. The van der Waals surface area contributed by atoms with E-state index in [-0.39, 0.29) is 5.56 Å². The number of hydrogen-bond donors (Lipinski definition) is 1. The highest BCUT2D eigenvalue weighted by Gasteiger charge is 2.21. The summed E-state index contributed by atoms with van der Waals surface area (Å²) in [5.41, 5.74) is 1.18. The van der Waals surface area contributed by atoms with Gasteiger partial charge in [-0.25, -0.2) is 8.78 Å². The maximum atomic E-state index is 14.0. The van der Waals surface area contributed by atoms with Gasteiger partial charge in [-0.1, -0.05) is 12.1 Å². The van der Waals surface area contributed by atoms with Crippen molar-refractivity contribution in [3.8, 4) is 5.75 Å². The highest BCUT2D eigenvalue weighted by molar-refractivity contribution is 5.41. The Balaban J connectivity index is 2.49. The van der Waals surface area contributed by atoms with Gasteiger partial charge in [0, 0.05) is 0 Å². The standard InChI is InChI=1S/C16H16F2O2/c1-9-4-6-12(17)14(15(9)18)16(19)11-5-7-13(20-3)10(2)8-11/h4-8,16,19H,1-3H3. The molecule has 0 amide bonds. The lowest BCUT2D eigenvalue weighted by Crippen LogP contribution is -2.07. The molecule has 0 aromatic heterocycles. The van der Waals surface area contributed by atoms with Crippen molar-refractivity contribution < 1.29 is 18.6 Å². The molecule has 0 saturated heterocycles. The van der Waals surface area contributed by atoms with Crippen LogP contribution in [-0.4, -0.2) is 12.2 Å². The Hall–Kier alpha value is -1.94. The zero-order valence-electron chi connectivity index (χ0n) is 11.6. The van der Waals surface area contributed by atoms with Gasteiger partial charge >= 0.3 is 0 Å². The van der Waals surface area contributed by atoms with E-state index in [1.54, 1.807) is 32.2 Å². The second-order valence-electron chi connectivity index (χ2n) is 4.72. The minimum atomic E-state index is -1.35. The maximum Gasteiger partial charge on any atom is 0.135 e. The number of benzene rings is 2. The van der Waals surface area contributed by atoms with Gasteiger partial charge in [0.2, 0.25) is 0 Å². The Morgan fingerprint density at radius 3 is 2.35 bits per heavy atom. The molecule has 0 aliphatic rings. The molecule has 1 N–H and O–H groups in total. The van der Waals surface area contributed by atoms with Crippen LogP contribution in [0.1, 0.15) is 28.4 Å². The van der Waals surface area contributed by atoms with E-state index in [0.717, 1.165) is 11.6 Å². The normalized spacial score (nSPS) is 12.3. The molecule has 2 aromatic carbocycles. The number of hydrogen-bond acceptors (Lipinski definition) is 2. The largest absolute Gasteiger partial charge is 0.496 e. The number of halogens is 2. The monoisotopic (exact) mass is 278 g/mol. The average molecular weight is 278 g/mol. The first kappa shape index (κ1) is 14.5. The molecule has 2 rings (SSSR count). The molecule has 0 aliphatic carbocycles. The molecule has 20 heavy (non-hydrogen) atoms. The van der Waals surface area contributed by atoms with E-state index in [0.29, 0.717) is 16.9 Å². The molecule has 0 spiro atoms. The Morgan fingerprint density at radius 1 is 1.05 bits per heavy atom. The number of aliphatic hydroxyl groups excluding tert-OH is 1. The molecule has 0 aliphatic heterocycles. The molecular weight excluding hydrogens is 262 g/mol. The van der Waals surface area contributed by atoms with Crippen LogP contribution in [0.5, 0.6) is 5.75 Å². The molecule has 2 aromatic rings. The van der Waals surface area contributed by atoms with Crippen LogP contribution in [0.2, 0.25) is 0 Å². The Bertz CT molecular complexity index is 639. The highest BCUT2D eigenvalue weighted by atomic mass is 19.1. The summed E-state index contributed by atoms with van der Waals surface area (Å²) < 4.78 is 32.9. The summed E-state index contributed by atoms with van der Waals surface area (Å²) >= 11 is 0. The molecule has 0 heterocycles. The SMILES string of the molecule is COc1ccc(C(O)c2c(F)ccc(C)c2F)cc1C. The number of rotatable bonds is 3. The third kappa shape index (κ3) is 2.51.